The number of nitrogens with one attached hydrogen (secondary N) is 1. The predicted octanol–water partition coefficient (Wildman–Crippen LogP) is 1.91. The van der Waals surface area contributed by atoms with Crippen LogP contribution in [0.15, 0.2) is 5.38 Å². The van der Waals surface area contributed by atoms with Crippen LogP contribution in [-0.4, -0.2) is 47.6 Å². The molecule has 0 amide bonds. The van der Waals surface area contributed by atoms with E-state index in [2.05, 4.69) is 22.2 Å². The van der Waals surface area contributed by atoms with Gasteiger partial charge in [-0.15, -0.1) is 11.3 Å². The fourth-order valence-corrected chi connectivity index (χ4v) is 3.10. The van der Waals surface area contributed by atoms with Crippen LogP contribution in [0.3, 0.4) is 0 Å². The molecule has 1 fully saturated rings. The van der Waals surface area contributed by atoms with Crippen LogP contribution >= 0.6 is 11.3 Å². The van der Waals surface area contributed by atoms with E-state index in [0.717, 1.165) is 17.6 Å². The number of hydrogen-bond donors (Lipinski definition) is 2. The smallest absolute Gasteiger partial charge is 0.309 e. The first kappa shape index (κ1) is 14.3. The Bertz CT molecular complexity index is 414. The average Bonchev–Trinajstić information content (AvgIpc) is 2.78. The van der Waals surface area contributed by atoms with Gasteiger partial charge in [0, 0.05) is 11.9 Å². The molecule has 1 aliphatic heterocycles. The quantitative estimate of drug-likeness (QED) is 0.835. The second kappa shape index (κ2) is 6.86. The Morgan fingerprint density at radius 1 is 1.58 bits per heavy atom. The SMILES string of the molecule is CN1CCC(CCNc2nc(CC(=O)O)cs2)CC1. The summed E-state index contributed by atoms with van der Waals surface area (Å²) in [4.78, 5) is 17.2. The highest BCUT2D eigenvalue weighted by atomic mass is 32.1. The number of aromatic nitrogens is 1. The first-order chi connectivity index (χ1) is 9.13. The monoisotopic (exact) mass is 283 g/mol. The molecule has 0 bridgehead atoms. The molecule has 1 aromatic rings. The van der Waals surface area contributed by atoms with Gasteiger partial charge in [-0.2, -0.15) is 0 Å². The van der Waals surface area contributed by atoms with Gasteiger partial charge >= 0.3 is 5.97 Å². The third-order valence-electron chi connectivity index (χ3n) is 3.55. The molecule has 0 radical (unpaired) electrons. The van der Waals surface area contributed by atoms with Crippen molar-refractivity contribution < 1.29 is 9.90 Å². The number of carboxylic acids is 1. The molecule has 1 aliphatic rings. The summed E-state index contributed by atoms with van der Waals surface area (Å²) in [6, 6.07) is 0. The molecule has 0 aliphatic carbocycles. The van der Waals surface area contributed by atoms with E-state index in [-0.39, 0.29) is 6.42 Å². The zero-order valence-electron chi connectivity index (χ0n) is 11.3. The summed E-state index contributed by atoms with van der Waals surface area (Å²) in [7, 11) is 2.17. The van der Waals surface area contributed by atoms with Gasteiger partial charge in [0.15, 0.2) is 5.13 Å². The maximum Gasteiger partial charge on any atom is 0.309 e. The molecular formula is C13H21N3O2S. The fraction of sp³-hybridized carbons (Fsp3) is 0.692. The summed E-state index contributed by atoms with van der Waals surface area (Å²) in [5.41, 5.74) is 0.638. The van der Waals surface area contributed by atoms with E-state index in [1.54, 1.807) is 0 Å². The van der Waals surface area contributed by atoms with E-state index in [0.29, 0.717) is 5.69 Å². The normalized spacial score (nSPS) is 17.5. The van der Waals surface area contributed by atoms with Crippen LogP contribution in [0.1, 0.15) is 25.0 Å². The highest BCUT2D eigenvalue weighted by molar-refractivity contribution is 7.13. The molecule has 106 valence electrons. The number of piperidine rings is 1. The number of carbonyl (C=O) groups is 1. The van der Waals surface area contributed by atoms with Gasteiger partial charge in [0.05, 0.1) is 12.1 Å². The zero-order valence-corrected chi connectivity index (χ0v) is 12.1. The van der Waals surface area contributed by atoms with Crippen molar-refractivity contribution >= 4 is 22.4 Å². The van der Waals surface area contributed by atoms with Crippen molar-refractivity contribution in [2.45, 2.75) is 25.7 Å². The lowest BCUT2D eigenvalue weighted by atomic mass is 9.94. The highest BCUT2D eigenvalue weighted by Gasteiger charge is 2.16. The molecular weight excluding hydrogens is 262 g/mol. The van der Waals surface area contributed by atoms with Crippen molar-refractivity contribution in [3.8, 4) is 0 Å². The van der Waals surface area contributed by atoms with Crippen molar-refractivity contribution in [1.29, 1.82) is 0 Å². The lowest BCUT2D eigenvalue weighted by Gasteiger charge is -2.28. The van der Waals surface area contributed by atoms with Gasteiger partial charge in [0.1, 0.15) is 0 Å². The molecule has 19 heavy (non-hydrogen) atoms. The maximum atomic E-state index is 10.6. The van der Waals surface area contributed by atoms with Crippen molar-refractivity contribution in [1.82, 2.24) is 9.88 Å². The number of hydrogen-bond acceptors (Lipinski definition) is 5. The van der Waals surface area contributed by atoms with Crippen LogP contribution in [0, 0.1) is 5.92 Å². The predicted molar refractivity (Wildman–Crippen MR) is 76.8 cm³/mol. The van der Waals surface area contributed by atoms with Crippen LogP contribution in [0.25, 0.3) is 0 Å². The van der Waals surface area contributed by atoms with Crippen LogP contribution in [0.2, 0.25) is 0 Å². The van der Waals surface area contributed by atoms with E-state index < -0.39 is 5.97 Å². The first-order valence-electron chi connectivity index (χ1n) is 6.72. The van der Waals surface area contributed by atoms with Gasteiger partial charge in [0.25, 0.3) is 0 Å². The summed E-state index contributed by atoms with van der Waals surface area (Å²) >= 11 is 1.48. The molecule has 1 saturated heterocycles. The Balaban J connectivity index is 1.68. The molecule has 0 spiro atoms. The molecule has 0 aromatic carbocycles. The molecule has 2 rings (SSSR count). The van der Waals surface area contributed by atoms with E-state index >= 15 is 0 Å². The fourth-order valence-electron chi connectivity index (χ4n) is 2.36. The number of carboxylic acid groups (broad SMARTS) is 1. The van der Waals surface area contributed by atoms with Gasteiger partial charge in [-0.25, -0.2) is 4.98 Å². The molecule has 0 atom stereocenters. The van der Waals surface area contributed by atoms with E-state index in [4.69, 9.17) is 5.11 Å². The lowest BCUT2D eigenvalue weighted by molar-refractivity contribution is -0.136. The zero-order chi connectivity index (χ0) is 13.7. The number of nitrogens with zero attached hydrogens (tertiary/aromatic N) is 2. The van der Waals surface area contributed by atoms with E-state index in [9.17, 15) is 4.79 Å². The Kier molecular flexibility index (Phi) is 5.15. The topological polar surface area (TPSA) is 65.5 Å². The van der Waals surface area contributed by atoms with Crippen molar-refractivity contribution in [3.05, 3.63) is 11.1 Å². The summed E-state index contributed by atoms with van der Waals surface area (Å²) in [6.07, 6.45) is 3.73. The summed E-state index contributed by atoms with van der Waals surface area (Å²) in [6.45, 7) is 3.32. The Morgan fingerprint density at radius 3 is 3.00 bits per heavy atom. The van der Waals surface area contributed by atoms with Gasteiger partial charge in [-0.05, 0) is 45.3 Å². The largest absolute Gasteiger partial charge is 0.481 e. The van der Waals surface area contributed by atoms with Crippen LogP contribution in [-0.2, 0) is 11.2 Å². The third kappa shape index (κ3) is 4.80. The third-order valence-corrected chi connectivity index (χ3v) is 4.40. The van der Waals surface area contributed by atoms with E-state index in [1.165, 1.54) is 43.7 Å². The maximum absolute atomic E-state index is 10.6. The number of thiazole rings is 1. The number of aliphatic carboxylic acids is 1. The van der Waals surface area contributed by atoms with Crippen molar-refractivity contribution in [2.24, 2.45) is 5.92 Å². The molecule has 2 heterocycles. The minimum Gasteiger partial charge on any atom is -0.481 e. The Labute approximate surface area is 117 Å². The standard InChI is InChI=1S/C13H21N3O2S/c1-16-6-3-10(4-7-16)2-5-14-13-15-11(9-19-13)8-12(17)18/h9-10H,2-8H2,1H3,(H,14,15)(H,17,18). The molecule has 0 unspecified atom stereocenters. The second-order valence-corrected chi connectivity index (χ2v) is 6.03. The molecule has 2 N–H and O–H groups in total. The first-order valence-corrected chi connectivity index (χ1v) is 7.60. The van der Waals surface area contributed by atoms with Crippen molar-refractivity contribution in [3.63, 3.8) is 0 Å². The minimum absolute atomic E-state index is 0.00708. The molecule has 1 aromatic heterocycles. The highest BCUT2D eigenvalue weighted by Crippen LogP contribution is 2.20. The summed E-state index contributed by atoms with van der Waals surface area (Å²) in [5.74, 6) is -0.0228. The van der Waals surface area contributed by atoms with Gasteiger partial charge < -0.3 is 15.3 Å². The lowest BCUT2D eigenvalue weighted by Crippen LogP contribution is -2.30. The number of anilines is 1. The van der Waals surface area contributed by atoms with Crippen LogP contribution < -0.4 is 5.32 Å². The number of rotatable bonds is 6. The molecule has 6 heteroatoms. The summed E-state index contributed by atoms with van der Waals surface area (Å²) in [5, 5.41) is 14.6. The van der Waals surface area contributed by atoms with Gasteiger partial charge in [-0.3, -0.25) is 4.79 Å². The van der Waals surface area contributed by atoms with Gasteiger partial charge in [0.2, 0.25) is 0 Å². The van der Waals surface area contributed by atoms with Gasteiger partial charge in [-0.1, -0.05) is 0 Å². The van der Waals surface area contributed by atoms with E-state index in [1.807, 2.05) is 5.38 Å². The average molecular weight is 283 g/mol. The minimum atomic E-state index is -0.830. The van der Waals surface area contributed by atoms with Crippen LogP contribution in [0.4, 0.5) is 5.13 Å². The van der Waals surface area contributed by atoms with Crippen molar-refractivity contribution in [2.75, 3.05) is 32.0 Å². The second-order valence-electron chi connectivity index (χ2n) is 5.18. The number of likely N-dealkylation sites (tertiary alicyclic amines) is 1. The Morgan fingerprint density at radius 2 is 2.32 bits per heavy atom. The molecule has 0 saturated carbocycles. The summed E-state index contributed by atoms with van der Waals surface area (Å²) < 4.78 is 0. The molecule has 5 nitrogen and oxygen atoms in total. The Hall–Kier alpha value is -1.14. The van der Waals surface area contributed by atoms with Crippen LogP contribution in [0.5, 0.6) is 0 Å².